The fourth-order valence-electron chi connectivity index (χ4n) is 1.22. The van der Waals surface area contributed by atoms with Crippen LogP contribution in [0, 0.1) is 0 Å². The lowest BCUT2D eigenvalue weighted by atomic mass is 10.2. The maximum absolute atomic E-state index is 9.42. The lowest BCUT2D eigenvalue weighted by molar-refractivity contribution is -0.0787. The second-order valence-electron chi connectivity index (χ2n) is 2.62. The number of ether oxygens (including phenoxy) is 1. The van der Waals surface area contributed by atoms with Gasteiger partial charge in [-0.3, -0.25) is 4.98 Å². The number of pyridine rings is 1. The second kappa shape index (κ2) is 3.16. The zero-order chi connectivity index (χ0) is 9.26. The fraction of sp³-hybridized carbons (Fsp3) is 0.222. The van der Waals surface area contributed by atoms with E-state index in [1.807, 2.05) is 0 Å². The Hall–Kier alpha value is -1.39. The molecule has 2 aromatic heterocycles. The van der Waals surface area contributed by atoms with Crippen LogP contribution >= 0.6 is 0 Å². The van der Waals surface area contributed by atoms with E-state index in [1.165, 1.54) is 7.11 Å². The number of aliphatic hydroxyl groups excluding tert-OH is 1. The van der Waals surface area contributed by atoms with Gasteiger partial charge >= 0.3 is 0 Å². The quantitative estimate of drug-likeness (QED) is 0.709. The molecule has 4 nitrogen and oxygen atoms in total. The van der Waals surface area contributed by atoms with Gasteiger partial charge in [-0.2, -0.15) is 0 Å². The third-order valence-electron chi connectivity index (χ3n) is 1.87. The van der Waals surface area contributed by atoms with Crippen LogP contribution in [0.3, 0.4) is 0 Å². The number of rotatable bonds is 2. The Labute approximate surface area is 74.8 Å². The summed E-state index contributed by atoms with van der Waals surface area (Å²) in [6.45, 7) is 0. The van der Waals surface area contributed by atoms with Crippen LogP contribution in [0.4, 0.5) is 0 Å². The molecule has 0 bridgehead atoms. The summed E-state index contributed by atoms with van der Waals surface area (Å²) < 4.78 is 9.91. The highest BCUT2D eigenvalue weighted by Crippen LogP contribution is 2.22. The largest absolute Gasteiger partial charge is 0.464 e. The molecule has 0 aliphatic rings. The molecule has 0 spiro atoms. The number of nitrogens with zero attached hydrogens (tertiary/aromatic N) is 1. The Kier molecular flexibility index (Phi) is 2.00. The molecular formula is C9H9NO3. The number of fused-ring (bicyclic) bond motifs is 1. The Balaban J connectivity index is 2.60. The van der Waals surface area contributed by atoms with Gasteiger partial charge in [0.1, 0.15) is 11.3 Å². The molecular weight excluding hydrogens is 170 g/mol. The van der Waals surface area contributed by atoms with Gasteiger partial charge < -0.3 is 14.3 Å². The Bertz CT molecular complexity index is 410. The first-order valence-electron chi connectivity index (χ1n) is 3.86. The van der Waals surface area contributed by atoms with Gasteiger partial charge in [-0.15, -0.1) is 0 Å². The van der Waals surface area contributed by atoms with Gasteiger partial charge in [-0.1, -0.05) is 0 Å². The van der Waals surface area contributed by atoms with Crippen molar-refractivity contribution in [3.05, 3.63) is 30.3 Å². The summed E-state index contributed by atoms with van der Waals surface area (Å²) in [5.74, 6) is 0. The number of methoxy groups -OCH3 is 1. The first kappa shape index (κ1) is 8.22. The van der Waals surface area contributed by atoms with Crippen molar-refractivity contribution < 1.29 is 14.3 Å². The lowest BCUT2D eigenvalue weighted by Crippen LogP contribution is -2.02. The molecule has 0 radical (unpaired) electrons. The van der Waals surface area contributed by atoms with E-state index in [-0.39, 0.29) is 0 Å². The maximum atomic E-state index is 9.42. The summed E-state index contributed by atoms with van der Waals surface area (Å²) in [6.07, 6.45) is 2.13. The van der Waals surface area contributed by atoms with Crippen LogP contribution in [0.25, 0.3) is 11.0 Å². The molecule has 1 atom stereocenters. The van der Waals surface area contributed by atoms with Crippen LogP contribution in [-0.2, 0) is 4.74 Å². The average Bonchev–Trinajstić information content (AvgIpc) is 2.63. The molecule has 0 aliphatic heterocycles. The molecule has 13 heavy (non-hydrogen) atoms. The summed E-state index contributed by atoms with van der Waals surface area (Å²) >= 11 is 0. The predicted molar refractivity (Wildman–Crippen MR) is 46.0 cm³/mol. The van der Waals surface area contributed by atoms with Crippen LogP contribution in [0.15, 0.2) is 29.0 Å². The average molecular weight is 179 g/mol. The van der Waals surface area contributed by atoms with E-state index in [4.69, 9.17) is 9.15 Å². The summed E-state index contributed by atoms with van der Waals surface area (Å²) in [5, 5.41) is 10.2. The van der Waals surface area contributed by atoms with Crippen molar-refractivity contribution in [2.45, 2.75) is 6.29 Å². The molecule has 68 valence electrons. The minimum absolute atomic E-state index is 0.480. The normalized spacial score (nSPS) is 13.4. The van der Waals surface area contributed by atoms with Gasteiger partial charge in [-0.05, 0) is 12.1 Å². The zero-order valence-corrected chi connectivity index (χ0v) is 7.10. The van der Waals surface area contributed by atoms with E-state index < -0.39 is 6.29 Å². The molecule has 0 saturated carbocycles. The van der Waals surface area contributed by atoms with Gasteiger partial charge in [0.05, 0.1) is 6.26 Å². The molecule has 0 aliphatic carbocycles. The monoisotopic (exact) mass is 179 g/mol. The SMILES string of the molecule is COC(O)c1nccc2occc12. The third-order valence-corrected chi connectivity index (χ3v) is 1.87. The van der Waals surface area contributed by atoms with Crippen molar-refractivity contribution in [2.75, 3.05) is 7.11 Å². The van der Waals surface area contributed by atoms with E-state index in [0.717, 1.165) is 5.39 Å². The first-order chi connectivity index (χ1) is 6.33. The standard InChI is InChI=1S/C9H9NO3/c1-12-9(11)8-6-3-5-13-7(6)2-4-10-8/h2-5,9,11H,1H3. The van der Waals surface area contributed by atoms with Crippen LogP contribution in [-0.4, -0.2) is 17.2 Å². The molecule has 2 heterocycles. The molecule has 2 aromatic rings. The Morgan fingerprint density at radius 2 is 2.38 bits per heavy atom. The second-order valence-corrected chi connectivity index (χ2v) is 2.62. The first-order valence-corrected chi connectivity index (χ1v) is 3.86. The van der Waals surface area contributed by atoms with E-state index in [9.17, 15) is 5.11 Å². The highest BCUT2D eigenvalue weighted by atomic mass is 16.6. The highest BCUT2D eigenvalue weighted by Gasteiger charge is 2.12. The van der Waals surface area contributed by atoms with Crippen molar-refractivity contribution >= 4 is 11.0 Å². The predicted octanol–water partition coefficient (Wildman–Crippen LogP) is 1.47. The van der Waals surface area contributed by atoms with Gasteiger partial charge in [0.15, 0.2) is 6.29 Å². The summed E-state index contributed by atoms with van der Waals surface area (Å²) in [5.41, 5.74) is 1.18. The van der Waals surface area contributed by atoms with E-state index in [1.54, 1.807) is 24.6 Å². The molecule has 0 aromatic carbocycles. The topological polar surface area (TPSA) is 55.5 Å². The number of aromatic nitrogens is 1. The van der Waals surface area contributed by atoms with Gasteiger partial charge in [0.25, 0.3) is 0 Å². The lowest BCUT2D eigenvalue weighted by Gasteiger charge is -2.07. The van der Waals surface area contributed by atoms with Crippen molar-refractivity contribution in [3.8, 4) is 0 Å². The Morgan fingerprint density at radius 3 is 3.15 bits per heavy atom. The van der Waals surface area contributed by atoms with Crippen molar-refractivity contribution in [1.82, 2.24) is 4.98 Å². The van der Waals surface area contributed by atoms with E-state index in [0.29, 0.717) is 11.3 Å². The summed E-state index contributed by atoms with van der Waals surface area (Å²) in [4.78, 5) is 4.01. The molecule has 0 amide bonds. The van der Waals surface area contributed by atoms with E-state index in [2.05, 4.69) is 4.98 Å². The third kappa shape index (κ3) is 1.30. The van der Waals surface area contributed by atoms with Crippen LogP contribution in [0.1, 0.15) is 12.0 Å². The van der Waals surface area contributed by atoms with Crippen molar-refractivity contribution in [1.29, 1.82) is 0 Å². The van der Waals surface area contributed by atoms with E-state index >= 15 is 0 Å². The Morgan fingerprint density at radius 1 is 1.54 bits per heavy atom. The molecule has 0 saturated heterocycles. The van der Waals surface area contributed by atoms with Gasteiger partial charge in [-0.25, -0.2) is 0 Å². The number of aliphatic hydroxyl groups is 1. The molecule has 2 rings (SSSR count). The maximum Gasteiger partial charge on any atom is 0.199 e. The summed E-state index contributed by atoms with van der Waals surface area (Å²) in [7, 11) is 1.42. The van der Waals surface area contributed by atoms with Crippen LogP contribution < -0.4 is 0 Å². The minimum atomic E-state index is -0.999. The van der Waals surface area contributed by atoms with Crippen molar-refractivity contribution in [2.24, 2.45) is 0 Å². The number of hydrogen-bond donors (Lipinski definition) is 1. The van der Waals surface area contributed by atoms with Crippen molar-refractivity contribution in [3.63, 3.8) is 0 Å². The number of furan rings is 1. The highest BCUT2D eigenvalue weighted by molar-refractivity contribution is 5.79. The smallest absolute Gasteiger partial charge is 0.199 e. The minimum Gasteiger partial charge on any atom is -0.464 e. The molecule has 1 unspecified atom stereocenters. The van der Waals surface area contributed by atoms with Crippen LogP contribution in [0.2, 0.25) is 0 Å². The van der Waals surface area contributed by atoms with Crippen LogP contribution in [0.5, 0.6) is 0 Å². The van der Waals surface area contributed by atoms with Gasteiger partial charge in [0, 0.05) is 18.7 Å². The summed E-state index contributed by atoms with van der Waals surface area (Å²) in [6, 6.07) is 3.49. The molecule has 4 heteroatoms. The fourth-order valence-corrected chi connectivity index (χ4v) is 1.22. The van der Waals surface area contributed by atoms with Gasteiger partial charge in [0.2, 0.25) is 0 Å². The molecule has 1 N–H and O–H groups in total. The molecule has 0 fully saturated rings. The number of hydrogen-bond acceptors (Lipinski definition) is 4. The zero-order valence-electron chi connectivity index (χ0n) is 7.10.